The van der Waals surface area contributed by atoms with E-state index in [0.29, 0.717) is 25.5 Å². The van der Waals surface area contributed by atoms with E-state index in [1.165, 1.54) is 10.5 Å². The molecule has 0 amide bonds. The number of anilines is 1. The third-order valence-corrected chi connectivity index (χ3v) is 5.36. The summed E-state index contributed by atoms with van der Waals surface area (Å²) in [5.41, 5.74) is 0. The van der Waals surface area contributed by atoms with Crippen molar-refractivity contribution in [2.75, 3.05) is 39.2 Å². The zero-order valence-electron chi connectivity index (χ0n) is 11.9. The topological polar surface area (TPSA) is 71.5 Å². The van der Waals surface area contributed by atoms with Gasteiger partial charge in [0.15, 0.2) is 0 Å². The maximum atomic E-state index is 12.6. The lowest BCUT2D eigenvalue weighted by Crippen LogP contribution is -2.41. The van der Waals surface area contributed by atoms with E-state index < -0.39 is 10.0 Å². The highest BCUT2D eigenvalue weighted by Crippen LogP contribution is 2.23. The summed E-state index contributed by atoms with van der Waals surface area (Å²) in [6.07, 6.45) is 3.28. The summed E-state index contributed by atoms with van der Waals surface area (Å²) >= 11 is 0. The van der Waals surface area contributed by atoms with Crippen molar-refractivity contribution in [3.05, 3.63) is 18.3 Å². The standard InChI is InChI=1S/C13H21N3O3S/c1-14-13-6-5-12(8-15-13)20(17,18)16-7-3-4-11(9-16)10-19-2/h5-6,8,11H,3-4,7,9-10H2,1-2H3,(H,14,15). The molecule has 2 rings (SSSR count). The van der Waals surface area contributed by atoms with Gasteiger partial charge in [0, 0.05) is 33.4 Å². The first-order chi connectivity index (χ1) is 9.57. The molecule has 112 valence electrons. The Hall–Kier alpha value is -1.18. The van der Waals surface area contributed by atoms with Gasteiger partial charge in [-0.15, -0.1) is 0 Å². The number of piperidine rings is 1. The highest BCUT2D eigenvalue weighted by molar-refractivity contribution is 7.89. The minimum Gasteiger partial charge on any atom is -0.384 e. The Morgan fingerprint density at radius 2 is 2.30 bits per heavy atom. The first kappa shape index (κ1) is 15.2. The van der Waals surface area contributed by atoms with Gasteiger partial charge in [-0.3, -0.25) is 0 Å². The summed E-state index contributed by atoms with van der Waals surface area (Å²) in [5.74, 6) is 0.924. The van der Waals surface area contributed by atoms with Crippen molar-refractivity contribution in [3.63, 3.8) is 0 Å². The van der Waals surface area contributed by atoms with Gasteiger partial charge in [0.25, 0.3) is 0 Å². The van der Waals surface area contributed by atoms with Crippen LogP contribution in [-0.4, -0.2) is 51.6 Å². The quantitative estimate of drug-likeness (QED) is 0.883. The lowest BCUT2D eigenvalue weighted by Gasteiger charge is -2.31. The number of aromatic nitrogens is 1. The fraction of sp³-hybridized carbons (Fsp3) is 0.615. The Kier molecular flexibility index (Phi) is 4.95. The molecule has 0 aliphatic carbocycles. The van der Waals surface area contributed by atoms with E-state index in [0.717, 1.165) is 12.8 Å². The molecule has 0 spiro atoms. The molecule has 1 aliphatic heterocycles. The number of sulfonamides is 1. The lowest BCUT2D eigenvalue weighted by molar-refractivity contribution is 0.118. The summed E-state index contributed by atoms with van der Waals surface area (Å²) in [7, 11) is -0.0576. The summed E-state index contributed by atoms with van der Waals surface area (Å²) < 4.78 is 31.8. The number of nitrogens with one attached hydrogen (secondary N) is 1. The number of methoxy groups -OCH3 is 1. The van der Waals surface area contributed by atoms with Crippen LogP contribution in [0, 0.1) is 5.92 Å². The van der Waals surface area contributed by atoms with Gasteiger partial charge in [-0.05, 0) is 30.9 Å². The predicted octanol–water partition coefficient (Wildman–Crippen LogP) is 1.17. The zero-order valence-corrected chi connectivity index (χ0v) is 12.7. The summed E-state index contributed by atoms with van der Waals surface area (Å²) in [6, 6.07) is 3.26. The molecule has 6 nitrogen and oxygen atoms in total. The molecule has 1 aliphatic rings. The number of hydrogen-bond donors (Lipinski definition) is 1. The van der Waals surface area contributed by atoms with Crippen molar-refractivity contribution in [3.8, 4) is 0 Å². The summed E-state index contributed by atoms with van der Waals surface area (Å²) in [4.78, 5) is 4.32. The molecule has 1 unspecified atom stereocenters. The Bertz CT molecular complexity index is 528. The van der Waals surface area contributed by atoms with Crippen LogP contribution in [0.2, 0.25) is 0 Å². The molecular formula is C13H21N3O3S. The van der Waals surface area contributed by atoms with Crippen molar-refractivity contribution in [1.82, 2.24) is 9.29 Å². The minimum absolute atomic E-state index is 0.245. The number of hydrogen-bond acceptors (Lipinski definition) is 5. The highest BCUT2D eigenvalue weighted by atomic mass is 32.2. The van der Waals surface area contributed by atoms with E-state index in [1.54, 1.807) is 26.3 Å². The van der Waals surface area contributed by atoms with Gasteiger partial charge < -0.3 is 10.1 Å². The van der Waals surface area contributed by atoms with E-state index in [4.69, 9.17) is 4.74 Å². The van der Waals surface area contributed by atoms with Crippen LogP contribution in [-0.2, 0) is 14.8 Å². The Morgan fingerprint density at radius 1 is 1.50 bits per heavy atom. The second-order valence-electron chi connectivity index (χ2n) is 4.96. The number of pyridine rings is 1. The summed E-state index contributed by atoms with van der Waals surface area (Å²) in [6.45, 7) is 1.68. The van der Waals surface area contributed by atoms with Gasteiger partial charge in [-0.1, -0.05) is 0 Å². The van der Waals surface area contributed by atoms with Gasteiger partial charge >= 0.3 is 0 Å². The first-order valence-corrected chi connectivity index (χ1v) is 8.15. The number of rotatable bonds is 5. The average molecular weight is 299 g/mol. The predicted molar refractivity (Wildman–Crippen MR) is 77.1 cm³/mol. The van der Waals surface area contributed by atoms with Crippen LogP contribution >= 0.6 is 0 Å². The van der Waals surface area contributed by atoms with Crippen LogP contribution in [0.25, 0.3) is 0 Å². The van der Waals surface area contributed by atoms with Crippen molar-refractivity contribution < 1.29 is 13.2 Å². The molecule has 0 radical (unpaired) electrons. The molecule has 1 N–H and O–H groups in total. The normalized spacial score (nSPS) is 20.8. The third kappa shape index (κ3) is 3.28. The average Bonchev–Trinajstić information content (AvgIpc) is 2.48. The molecule has 7 heteroatoms. The van der Waals surface area contributed by atoms with Crippen molar-refractivity contribution in [1.29, 1.82) is 0 Å². The Labute approximate surface area is 120 Å². The fourth-order valence-electron chi connectivity index (χ4n) is 2.45. The summed E-state index contributed by atoms with van der Waals surface area (Å²) in [5, 5.41) is 2.87. The smallest absolute Gasteiger partial charge is 0.244 e. The maximum absolute atomic E-state index is 12.6. The molecule has 1 atom stereocenters. The largest absolute Gasteiger partial charge is 0.384 e. The number of nitrogens with zero attached hydrogens (tertiary/aromatic N) is 2. The Balaban J connectivity index is 2.16. The molecule has 0 saturated carbocycles. The molecule has 1 aromatic rings. The molecule has 0 aromatic carbocycles. The SMILES string of the molecule is CNc1ccc(S(=O)(=O)N2CCCC(COC)C2)cn1. The van der Waals surface area contributed by atoms with E-state index in [2.05, 4.69) is 10.3 Å². The van der Waals surface area contributed by atoms with Crippen LogP contribution < -0.4 is 5.32 Å². The van der Waals surface area contributed by atoms with Crippen LogP contribution in [0.3, 0.4) is 0 Å². The molecule has 0 bridgehead atoms. The molecule has 1 aromatic heterocycles. The lowest BCUT2D eigenvalue weighted by atomic mass is 10.0. The second-order valence-corrected chi connectivity index (χ2v) is 6.89. The molecular weight excluding hydrogens is 278 g/mol. The van der Waals surface area contributed by atoms with Gasteiger partial charge in [-0.2, -0.15) is 4.31 Å². The zero-order chi connectivity index (χ0) is 14.6. The van der Waals surface area contributed by atoms with Crippen molar-refractivity contribution in [2.24, 2.45) is 5.92 Å². The number of ether oxygens (including phenoxy) is 1. The van der Waals surface area contributed by atoms with E-state index in [9.17, 15) is 8.42 Å². The van der Waals surface area contributed by atoms with Gasteiger partial charge in [0.2, 0.25) is 10.0 Å². The Morgan fingerprint density at radius 3 is 2.90 bits per heavy atom. The van der Waals surface area contributed by atoms with Crippen molar-refractivity contribution >= 4 is 15.8 Å². The van der Waals surface area contributed by atoms with Gasteiger partial charge in [0.1, 0.15) is 10.7 Å². The molecule has 1 fully saturated rings. The second kappa shape index (κ2) is 6.51. The van der Waals surface area contributed by atoms with Crippen LogP contribution in [0.15, 0.2) is 23.2 Å². The van der Waals surface area contributed by atoms with Crippen molar-refractivity contribution in [2.45, 2.75) is 17.7 Å². The monoisotopic (exact) mass is 299 g/mol. The molecule has 1 saturated heterocycles. The maximum Gasteiger partial charge on any atom is 0.244 e. The van der Waals surface area contributed by atoms with E-state index in [1.807, 2.05) is 0 Å². The van der Waals surface area contributed by atoms with Crippen LogP contribution in [0.4, 0.5) is 5.82 Å². The fourth-order valence-corrected chi connectivity index (χ4v) is 3.95. The minimum atomic E-state index is -3.45. The van der Waals surface area contributed by atoms with Crippen LogP contribution in [0.5, 0.6) is 0 Å². The van der Waals surface area contributed by atoms with E-state index >= 15 is 0 Å². The van der Waals surface area contributed by atoms with Gasteiger partial charge in [-0.25, -0.2) is 13.4 Å². The molecule has 2 heterocycles. The first-order valence-electron chi connectivity index (χ1n) is 6.71. The van der Waals surface area contributed by atoms with Gasteiger partial charge in [0.05, 0.1) is 6.61 Å². The highest BCUT2D eigenvalue weighted by Gasteiger charge is 2.30. The third-order valence-electron chi connectivity index (χ3n) is 3.51. The molecule has 20 heavy (non-hydrogen) atoms. The van der Waals surface area contributed by atoms with E-state index in [-0.39, 0.29) is 10.8 Å². The van der Waals surface area contributed by atoms with Crippen LogP contribution in [0.1, 0.15) is 12.8 Å².